The molecule has 0 unspecified atom stereocenters. The first-order valence-corrected chi connectivity index (χ1v) is 5.73. The average molecular weight is 242 g/mol. The summed E-state index contributed by atoms with van der Waals surface area (Å²) in [6.07, 6.45) is 2.19. The van der Waals surface area contributed by atoms with E-state index in [2.05, 4.69) is 9.97 Å². The number of H-pyrrole nitrogens is 1. The summed E-state index contributed by atoms with van der Waals surface area (Å²) in [6, 6.07) is 7.84. The second kappa shape index (κ2) is 5.32. The molecule has 0 fully saturated rings. The molecular formula is C13H14N4O. The SMILES string of the molecule is CN(Cc1ccc2nc[nH]c2c1)C(=O)CCC#N. The number of carbonyl (C=O) groups excluding carboxylic acids is 1. The summed E-state index contributed by atoms with van der Waals surface area (Å²) < 4.78 is 0. The van der Waals surface area contributed by atoms with Gasteiger partial charge in [-0.05, 0) is 17.7 Å². The predicted molar refractivity (Wildman–Crippen MR) is 67.4 cm³/mol. The molecule has 5 heteroatoms. The Hall–Kier alpha value is -2.35. The zero-order valence-electron chi connectivity index (χ0n) is 10.2. The minimum Gasteiger partial charge on any atom is -0.345 e. The molecule has 5 nitrogen and oxygen atoms in total. The number of benzene rings is 1. The van der Waals surface area contributed by atoms with Crippen molar-refractivity contribution in [2.75, 3.05) is 7.05 Å². The summed E-state index contributed by atoms with van der Waals surface area (Å²) in [4.78, 5) is 20.5. The van der Waals surface area contributed by atoms with Crippen LogP contribution in [0.3, 0.4) is 0 Å². The zero-order chi connectivity index (χ0) is 13.0. The van der Waals surface area contributed by atoms with Crippen LogP contribution in [0.4, 0.5) is 0 Å². The van der Waals surface area contributed by atoms with Gasteiger partial charge < -0.3 is 9.88 Å². The van der Waals surface area contributed by atoms with Crippen molar-refractivity contribution in [3.05, 3.63) is 30.1 Å². The van der Waals surface area contributed by atoms with Gasteiger partial charge in [-0.3, -0.25) is 4.79 Å². The molecule has 1 heterocycles. The Balaban J connectivity index is 2.04. The summed E-state index contributed by atoms with van der Waals surface area (Å²) in [6.45, 7) is 0.541. The third kappa shape index (κ3) is 2.66. The fourth-order valence-corrected chi connectivity index (χ4v) is 1.80. The maximum atomic E-state index is 11.7. The Morgan fingerprint density at radius 1 is 1.56 bits per heavy atom. The van der Waals surface area contributed by atoms with Gasteiger partial charge in [-0.25, -0.2) is 4.98 Å². The maximum Gasteiger partial charge on any atom is 0.223 e. The minimum atomic E-state index is -0.0127. The van der Waals surface area contributed by atoms with Crippen molar-refractivity contribution >= 4 is 16.9 Å². The first-order chi connectivity index (χ1) is 8.70. The molecule has 1 aromatic carbocycles. The molecule has 0 saturated carbocycles. The number of aromatic amines is 1. The highest BCUT2D eigenvalue weighted by Gasteiger charge is 2.09. The van der Waals surface area contributed by atoms with Gasteiger partial charge >= 0.3 is 0 Å². The topological polar surface area (TPSA) is 72.8 Å². The molecule has 2 rings (SSSR count). The van der Waals surface area contributed by atoms with E-state index in [4.69, 9.17) is 5.26 Å². The molecular weight excluding hydrogens is 228 g/mol. The van der Waals surface area contributed by atoms with Crippen LogP contribution < -0.4 is 0 Å². The Labute approximate surface area is 105 Å². The van der Waals surface area contributed by atoms with E-state index in [1.54, 1.807) is 18.3 Å². The summed E-state index contributed by atoms with van der Waals surface area (Å²) in [7, 11) is 1.75. The van der Waals surface area contributed by atoms with Crippen LogP contribution in [-0.4, -0.2) is 27.8 Å². The van der Waals surface area contributed by atoms with Crippen LogP contribution in [0.1, 0.15) is 18.4 Å². The van der Waals surface area contributed by atoms with Crippen LogP contribution in [0.2, 0.25) is 0 Å². The quantitative estimate of drug-likeness (QED) is 0.888. The van der Waals surface area contributed by atoms with Gasteiger partial charge in [0.25, 0.3) is 0 Å². The Morgan fingerprint density at radius 3 is 3.17 bits per heavy atom. The standard InChI is InChI=1S/C13H14N4O/c1-17(13(18)3-2-6-14)8-10-4-5-11-12(7-10)16-9-15-11/h4-5,7,9H,2-3,8H2,1H3,(H,15,16). The monoisotopic (exact) mass is 242 g/mol. The first-order valence-electron chi connectivity index (χ1n) is 5.73. The van der Waals surface area contributed by atoms with Crippen molar-refractivity contribution in [2.45, 2.75) is 19.4 Å². The highest BCUT2D eigenvalue weighted by molar-refractivity contribution is 5.77. The lowest BCUT2D eigenvalue weighted by atomic mass is 10.2. The molecule has 0 atom stereocenters. The molecule has 0 bridgehead atoms. The van der Waals surface area contributed by atoms with Crippen LogP contribution >= 0.6 is 0 Å². The molecule has 1 N–H and O–H groups in total. The number of fused-ring (bicyclic) bond motifs is 1. The Morgan fingerprint density at radius 2 is 2.39 bits per heavy atom. The molecule has 0 radical (unpaired) electrons. The van der Waals surface area contributed by atoms with E-state index in [9.17, 15) is 4.79 Å². The van der Waals surface area contributed by atoms with E-state index < -0.39 is 0 Å². The van der Waals surface area contributed by atoms with Crippen molar-refractivity contribution < 1.29 is 4.79 Å². The second-order valence-electron chi connectivity index (χ2n) is 4.16. The number of carbonyl (C=O) groups is 1. The Bertz CT molecular complexity index is 596. The second-order valence-corrected chi connectivity index (χ2v) is 4.16. The molecule has 1 aromatic heterocycles. The molecule has 0 saturated heterocycles. The van der Waals surface area contributed by atoms with Gasteiger partial charge in [0.1, 0.15) is 0 Å². The van der Waals surface area contributed by atoms with E-state index in [1.165, 1.54) is 0 Å². The molecule has 0 spiro atoms. The predicted octanol–water partition coefficient (Wildman–Crippen LogP) is 1.83. The lowest BCUT2D eigenvalue weighted by molar-refractivity contribution is -0.130. The van der Waals surface area contributed by atoms with Gasteiger partial charge in [0.05, 0.1) is 23.4 Å². The fraction of sp³-hybridized carbons (Fsp3) is 0.308. The zero-order valence-corrected chi connectivity index (χ0v) is 10.2. The lowest BCUT2D eigenvalue weighted by Gasteiger charge is -2.16. The maximum absolute atomic E-state index is 11.7. The van der Waals surface area contributed by atoms with Crippen molar-refractivity contribution in [2.24, 2.45) is 0 Å². The van der Waals surface area contributed by atoms with E-state index in [-0.39, 0.29) is 18.7 Å². The van der Waals surface area contributed by atoms with Gasteiger partial charge in [0.15, 0.2) is 0 Å². The van der Waals surface area contributed by atoms with E-state index in [1.807, 2.05) is 24.3 Å². The van der Waals surface area contributed by atoms with Crippen molar-refractivity contribution in [3.8, 4) is 6.07 Å². The molecule has 0 aliphatic heterocycles. The highest BCUT2D eigenvalue weighted by atomic mass is 16.2. The summed E-state index contributed by atoms with van der Waals surface area (Å²) in [5, 5.41) is 8.45. The first kappa shape index (κ1) is 12.1. The van der Waals surface area contributed by atoms with Crippen molar-refractivity contribution in [3.63, 3.8) is 0 Å². The van der Waals surface area contributed by atoms with E-state index in [0.29, 0.717) is 6.54 Å². The number of imidazole rings is 1. The third-order valence-corrected chi connectivity index (χ3v) is 2.78. The number of nitriles is 1. The van der Waals surface area contributed by atoms with Crippen LogP contribution in [-0.2, 0) is 11.3 Å². The van der Waals surface area contributed by atoms with Gasteiger partial charge in [0.2, 0.25) is 5.91 Å². The molecule has 2 aromatic rings. The number of aromatic nitrogens is 2. The molecule has 92 valence electrons. The average Bonchev–Trinajstić information content (AvgIpc) is 2.83. The largest absolute Gasteiger partial charge is 0.345 e. The molecule has 18 heavy (non-hydrogen) atoms. The summed E-state index contributed by atoms with van der Waals surface area (Å²) >= 11 is 0. The van der Waals surface area contributed by atoms with E-state index >= 15 is 0 Å². The van der Waals surface area contributed by atoms with Crippen LogP contribution in [0, 0.1) is 11.3 Å². The molecule has 0 aliphatic rings. The smallest absolute Gasteiger partial charge is 0.223 e. The van der Waals surface area contributed by atoms with Crippen LogP contribution in [0.5, 0.6) is 0 Å². The number of hydrogen-bond donors (Lipinski definition) is 1. The highest BCUT2D eigenvalue weighted by Crippen LogP contribution is 2.13. The summed E-state index contributed by atoms with van der Waals surface area (Å²) in [5.41, 5.74) is 2.92. The van der Waals surface area contributed by atoms with Crippen molar-refractivity contribution in [1.29, 1.82) is 5.26 Å². The van der Waals surface area contributed by atoms with Gasteiger partial charge in [-0.2, -0.15) is 5.26 Å². The fourth-order valence-electron chi connectivity index (χ4n) is 1.80. The Kier molecular flexibility index (Phi) is 3.58. The third-order valence-electron chi connectivity index (χ3n) is 2.78. The van der Waals surface area contributed by atoms with Crippen LogP contribution in [0.15, 0.2) is 24.5 Å². The minimum absolute atomic E-state index is 0.0127. The number of hydrogen-bond acceptors (Lipinski definition) is 3. The number of rotatable bonds is 4. The van der Waals surface area contributed by atoms with Gasteiger partial charge in [-0.1, -0.05) is 6.07 Å². The lowest BCUT2D eigenvalue weighted by Crippen LogP contribution is -2.25. The number of nitrogens with one attached hydrogen (secondary N) is 1. The van der Waals surface area contributed by atoms with E-state index in [0.717, 1.165) is 16.6 Å². The number of amides is 1. The van der Waals surface area contributed by atoms with Gasteiger partial charge in [0, 0.05) is 26.4 Å². The van der Waals surface area contributed by atoms with Crippen LogP contribution in [0.25, 0.3) is 11.0 Å². The normalized spacial score (nSPS) is 10.2. The van der Waals surface area contributed by atoms with Crippen molar-refractivity contribution in [1.82, 2.24) is 14.9 Å². The molecule has 1 amide bonds. The number of nitrogens with zero attached hydrogens (tertiary/aromatic N) is 3. The van der Waals surface area contributed by atoms with Gasteiger partial charge in [-0.15, -0.1) is 0 Å². The molecule has 0 aliphatic carbocycles. The summed E-state index contributed by atoms with van der Waals surface area (Å²) in [5.74, 6) is -0.0127.